The second-order valence-electron chi connectivity index (χ2n) is 4.82. The van der Waals surface area contributed by atoms with E-state index >= 15 is 0 Å². The van der Waals surface area contributed by atoms with Crippen LogP contribution in [-0.2, 0) is 9.59 Å². The quantitative estimate of drug-likeness (QED) is 0.612. The first-order chi connectivity index (χ1) is 7.91. The van der Waals surface area contributed by atoms with Gasteiger partial charge in [-0.3, -0.25) is 4.79 Å². The molecule has 1 fully saturated rings. The third kappa shape index (κ3) is 3.85. The zero-order chi connectivity index (χ0) is 13.0. The summed E-state index contributed by atoms with van der Waals surface area (Å²) in [5.74, 6) is -1.06. The molecule has 0 bridgehead atoms. The average Bonchev–Trinajstić information content (AvgIpc) is 2.62. The van der Waals surface area contributed by atoms with Crippen LogP contribution in [0, 0.1) is 5.92 Å². The van der Waals surface area contributed by atoms with E-state index in [2.05, 4.69) is 17.2 Å². The summed E-state index contributed by atoms with van der Waals surface area (Å²) >= 11 is 0. The molecule has 1 rings (SSSR count). The van der Waals surface area contributed by atoms with Crippen LogP contribution in [0.25, 0.3) is 0 Å². The Morgan fingerprint density at radius 1 is 1.59 bits per heavy atom. The Balaban J connectivity index is 2.57. The average molecular weight is 240 g/mol. The van der Waals surface area contributed by atoms with Crippen LogP contribution in [0.2, 0.25) is 0 Å². The molecule has 0 aromatic heterocycles. The number of carbonyl (C=O) groups is 2. The maximum Gasteiger partial charge on any atom is 0.326 e. The van der Waals surface area contributed by atoms with Crippen LogP contribution in [-0.4, -0.2) is 35.6 Å². The van der Waals surface area contributed by atoms with Gasteiger partial charge in [-0.15, -0.1) is 0 Å². The number of hydrogen-bond acceptors (Lipinski definition) is 3. The number of amides is 1. The van der Waals surface area contributed by atoms with Gasteiger partial charge in [-0.25, -0.2) is 4.79 Å². The molecule has 1 aliphatic rings. The van der Waals surface area contributed by atoms with Crippen molar-refractivity contribution in [2.24, 2.45) is 5.92 Å². The number of carboxylic acid groups (broad SMARTS) is 1. The number of aliphatic carboxylic acids is 1. The summed E-state index contributed by atoms with van der Waals surface area (Å²) < 4.78 is 0. The highest BCUT2D eigenvalue weighted by atomic mass is 16.4. The van der Waals surface area contributed by atoms with Gasteiger partial charge in [0, 0.05) is 0 Å². The van der Waals surface area contributed by atoms with E-state index in [1.807, 2.05) is 13.8 Å². The number of carbonyl (C=O) groups excluding carboxylic acids is 1. The molecule has 17 heavy (non-hydrogen) atoms. The highest BCUT2D eigenvalue weighted by Gasteiger charge is 2.29. The van der Waals surface area contributed by atoms with Crippen molar-refractivity contribution < 1.29 is 14.7 Å². The summed E-state index contributed by atoms with van der Waals surface area (Å²) in [6, 6.07) is -1.26. The highest BCUT2D eigenvalue weighted by Crippen LogP contribution is 2.13. The van der Waals surface area contributed by atoms with Crippen LogP contribution in [0.4, 0.5) is 0 Å². The van der Waals surface area contributed by atoms with Crippen molar-refractivity contribution in [2.75, 3.05) is 6.54 Å². The molecular formula is C12H20N2O3. The lowest BCUT2D eigenvalue weighted by Crippen LogP contribution is -2.49. The monoisotopic (exact) mass is 240 g/mol. The second kappa shape index (κ2) is 5.82. The number of rotatable bonds is 5. The lowest BCUT2D eigenvalue weighted by Gasteiger charge is -2.19. The fourth-order valence-electron chi connectivity index (χ4n) is 1.89. The Labute approximate surface area is 101 Å². The minimum atomic E-state index is -0.990. The predicted octanol–water partition coefficient (Wildman–Crippen LogP) is 0.520. The van der Waals surface area contributed by atoms with Gasteiger partial charge in [0.1, 0.15) is 12.1 Å². The molecule has 5 nitrogen and oxygen atoms in total. The molecule has 96 valence electrons. The summed E-state index contributed by atoms with van der Waals surface area (Å²) in [7, 11) is 0. The summed E-state index contributed by atoms with van der Waals surface area (Å²) in [5, 5.41) is 14.6. The van der Waals surface area contributed by atoms with Crippen molar-refractivity contribution in [2.45, 2.75) is 38.8 Å². The molecule has 1 heterocycles. The fraction of sp³-hybridized carbons (Fsp3) is 0.667. The third-order valence-electron chi connectivity index (χ3n) is 2.79. The van der Waals surface area contributed by atoms with E-state index in [0.29, 0.717) is 6.42 Å². The van der Waals surface area contributed by atoms with Gasteiger partial charge in [-0.2, -0.15) is 0 Å². The Kier molecular flexibility index (Phi) is 4.69. The molecule has 0 aromatic rings. The molecule has 2 atom stereocenters. The van der Waals surface area contributed by atoms with Gasteiger partial charge in [0.15, 0.2) is 0 Å². The molecule has 0 unspecified atom stereocenters. The predicted molar refractivity (Wildman–Crippen MR) is 64.6 cm³/mol. The van der Waals surface area contributed by atoms with Gasteiger partial charge in [0.05, 0.1) is 0 Å². The van der Waals surface area contributed by atoms with Crippen LogP contribution in [0.1, 0.15) is 26.7 Å². The molecule has 5 heteroatoms. The van der Waals surface area contributed by atoms with Crippen molar-refractivity contribution in [3.8, 4) is 0 Å². The molecule has 0 aromatic carbocycles. The Hall–Kier alpha value is -1.36. The number of carboxylic acids is 1. The van der Waals surface area contributed by atoms with Crippen molar-refractivity contribution in [1.29, 1.82) is 0 Å². The normalized spacial score (nSPS) is 21.6. The van der Waals surface area contributed by atoms with Crippen LogP contribution < -0.4 is 10.6 Å². The summed E-state index contributed by atoms with van der Waals surface area (Å²) in [6.45, 7) is 8.37. The third-order valence-corrected chi connectivity index (χ3v) is 2.79. The maximum atomic E-state index is 11.9. The van der Waals surface area contributed by atoms with Gasteiger partial charge in [0.25, 0.3) is 0 Å². The molecule has 3 N–H and O–H groups in total. The molecule has 0 radical (unpaired) electrons. The molecule has 1 aliphatic heterocycles. The first-order valence-electron chi connectivity index (χ1n) is 5.86. The number of nitrogens with one attached hydrogen (secondary N) is 2. The Morgan fingerprint density at radius 3 is 2.65 bits per heavy atom. The summed E-state index contributed by atoms with van der Waals surface area (Å²) in [4.78, 5) is 22.9. The zero-order valence-corrected chi connectivity index (χ0v) is 10.3. The highest BCUT2D eigenvalue weighted by molar-refractivity contribution is 5.89. The van der Waals surface area contributed by atoms with Crippen molar-refractivity contribution in [1.82, 2.24) is 10.6 Å². The van der Waals surface area contributed by atoms with E-state index in [0.717, 1.165) is 18.5 Å². The van der Waals surface area contributed by atoms with Crippen LogP contribution in [0.3, 0.4) is 0 Å². The van der Waals surface area contributed by atoms with E-state index < -0.39 is 18.1 Å². The molecular weight excluding hydrogens is 220 g/mol. The van der Waals surface area contributed by atoms with Crippen LogP contribution in [0.5, 0.6) is 0 Å². The van der Waals surface area contributed by atoms with E-state index in [1.54, 1.807) is 0 Å². The first-order valence-corrected chi connectivity index (χ1v) is 5.86. The fourth-order valence-corrected chi connectivity index (χ4v) is 1.89. The standard InChI is InChI=1S/C12H20N2O3/c1-7(2)6-9(12(16)17)14-11(15)10-8(3)4-5-13-10/h7,9-10,13H,3-6H2,1-2H3,(H,14,15)(H,16,17)/t9-,10-/m0/s1. The summed E-state index contributed by atoms with van der Waals surface area (Å²) in [6.07, 6.45) is 1.19. The molecule has 1 saturated heterocycles. The lowest BCUT2D eigenvalue weighted by molar-refractivity contribution is -0.142. The molecule has 0 aliphatic carbocycles. The van der Waals surface area contributed by atoms with Crippen molar-refractivity contribution >= 4 is 11.9 Å². The van der Waals surface area contributed by atoms with E-state index in [-0.39, 0.29) is 11.8 Å². The Bertz CT molecular complexity index is 326. The van der Waals surface area contributed by atoms with Gasteiger partial charge in [0.2, 0.25) is 5.91 Å². The van der Waals surface area contributed by atoms with Crippen LogP contribution >= 0.6 is 0 Å². The van der Waals surface area contributed by atoms with E-state index in [4.69, 9.17) is 5.11 Å². The number of hydrogen-bond donors (Lipinski definition) is 3. The van der Waals surface area contributed by atoms with Crippen molar-refractivity contribution in [3.63, 3.8) is 0 Å². The van der Waals surface area contributed by atoms with E-state index in [9.17, 15) is 9.59 Å². The largest absolute Gasteiger partial charge is 0.480 e. The van der Waals surface area contributed by atoms with E-state index in [1.165, 1.54) is 0 Å². The van der Waals surface area contributed by atoms with Gasteiger partial charge in [-0.1, -0.05) is 20.4 Å². The SMILES string of the molecule is C=C1CCN[C@@H]1C(=O)N[C@@H](CC(C)C)C(=O)O. The van der Waals surface area contributed by atoms with Gasteiger partial charge < -0.3 is 15.7 Å². The van der Waals surface area contributed by atoms with Gasteiger partial charge >= 0.3 is 5.97 Å². The first kappa shape index (κ1) is 13.7. The maximum absolute atomic E-state index is 11.9. The minimum Gasteiger partial charge on any atom is -0.480 e. The van der Waals surface area contributed by atoms with Crippen LogP contribution in [0.15, 0.2) is 12.2 Å². The Morgan fingerprint density at radius 2 is 2.24 bits per heavy atom. The lowest BCUT2D eigenvalue weighted by atomic mass is 10.0. The zero-order valence-electron chi connectivity index (χ0n) is 10.3. The molecule has 0 saturated carbocycles. The van der Waals surface area contributed by atoms with Crippen molar-refractivity contribution in [3.05, 3.63) is 12.2 Å². The minimum absolute atomic E-state index is 0.219. The summed E-state index contributed by atoms with van der Waals surface area (Å²) in [5.41, 5.74) is 0.816. The molecule has 1 amide bonds. The topological polar surface area (TPSA) is 78.4 Å². The molecule has 0 spiro atoms. The smallest absolute Gasteiger partial charge is 0.326 e. The second-order valence-corrected chi connectivity index (χ2v) is 4.82. The van der Waals surface area contributed by atoms with Gasteiger partial charge in [-0.05, 0) is 30.9 Å².